The predicted molar refractivity (Wildman–Crippen MR) is 130 cm³/mol. The third-order valence-electron chi connectivity index (χ3n) is 7.49. The van der Waals surface area contributed by atoms with E-state index in [0.717, 1.165) is 54.7 Å². The maximum Gasteiger partial charge on any atom is 0.326 e. The minimum atomic E-state index is -0.292. The predicted octanol–water partition coefficient (Wildman–Crippen LogP) is 4.39. The van der Waals surface area contributed by atoms with Crippen LogP contribution in [-0.2, 0) is 13.0 Å². The van der Waals surface area contributed by atoms with Crippen LogP contribution in [0.1, 0.15) is 36.6 Å². The molecule has 1 spiro atoms. The summed E-state index contributed by atoms with van der Waals surface area (Å²) in [6.07, 6.45) is 6.15. The normalized spacial score (nSPS) is 18.3. The Balaban J connectivity index is 1.51. The molecule has 34 heavy (non-hydrogen) atoms. The number of carbonyl (C=O) groups excluding carboxylic acids is 1. The molecule has 5 rings (SSSR count). The number of likely N-dealkylation sites (tertiary alicyclic amines) is 1. The van der Waals surface area contributed by atoms with Crippen LogP contribution in [0.5, 0.6) is 0 Å². The molecule has 2 aliphatic heterocycles. The smallest absolute Gasteiger partial charge is 0.312 e. The molecule has 0 aliphatic carbocycles. The van der Waals surface area contributed by atoms with Gasteiger partial charge in [0.05, 0.1) is 24.0 Å². The maximum atomic E-state index is 14.3. The lowest BCUT2D eigenvalue weighted by Crippen LogP contribution is -2.53. The summed E-state index contributed by atoms with van der Waals surface area (Å²) >= 11 is 0. The molecule has 3 aromatic rings. The van der Waals surface area contributed by atoms with E-state index in [1.165, 1.54) is 6.07 Å². The zero-order chi connectivity index (χ0) is 23.9. The number of piperidine rings is 1. The van der Waals surface area contributed by atoms with Crippen LogP contribution in [0, 0.1) is 12.7 Å². The van der Waals surface area contributed by atoms with Gasteiger partial charge in [-0.3, -0.25) is 10.00 Å². The van der Waals surface area contributed by atoms with Crippen molar-refractivity contribution in [3.8, 4) is 11.1 Å². The van der Waals surface area contributed by atoms with Crippen molar-refractivity contribution < 1.29 is 9.18 Å². The third-order valence-corrected chi connectivity index (χ3v) is 7.49. The number of aromatic amines is 1. The van der Waals surface area contributed by atoms with Gasteiger partial charge in [-0.15, -0.1) is 0 Å². The number of aryl methyl sites for hydroxylation is 1. The number of amides is 2. The average Bonchev–Trinajstić information content (AvgIpc) is 3.47. The Bertz CT molecular complexity index is 1190. The van der Waals surface area contributed by atoms with Crippen LogP contribution in [0.25, 0.3) is 11.1 Å². The highest BCUT2D eigenvalue weighted by atomic mass is 19.1. The summed E-state index contributed by atoms with van der Waals surface area (Å²) in [4.78, 5) is 24.9. The Morgan fingerprint density at radius 1 is 1.18 bits per heavy atom. The van der Waals surface area contributed by atoms with E-state index < -0.39 is 0 Å². The summed E-state index contributed by atoms with van der Waals surface area (Å²) in [6, 6.07) is 9.02. The number of nitrogens with zero attached hydrogens (tertiary/aromatic N) is 5. The molecule has 1 aromatic carbocycles. The number of pyridine rings is 1. The minimum Gasteiger partial charge on any atom is -0.312 e. The first-order chi connectivity index (χ1) is 16.4. The van der Waals surface area contributed by atoms with Crippen molar-refractivity contribution in [2.75, 3.05) is 31.6 Å². The molecule has 7 nitrogen and oxygen atoms in total. The minimum absolute atomic E-state index is 0.0566. The first kappa shape index (κ1) is 22.5. The number of hydrogen-bond acceptors (Lipinski definition) is 4. The van der Waals surface area contributed by atoms with Crippen molar-refractivity contribution in [1.29, 1.82) is 0 Å². The molecule has 0 saturated carbocycles. The van der Waals surface area contributed by atoms with Crippen molar-refractivity contribution in [2.24, 2.45) is 0 Å². The van der Waals surface area contributed by atoms with Gasteiger partial charge in [-0.25, -0.2) is 14.2 Å². The van der Waals surface area contributed by atoms with Crippen LogP contribution >= 0.6 is 0 Å². The molecule has 0 atom stereocenters. The highest BCUT2D eigenvalue weighted by Crippen LogP contribution is 2.39. The second-order valence-electron chi connectivity index (χ2n) is 9.51. The fraction of sp³-hybridized carbons (Fsp3) is 0.423. The Labute approximate surface area is 199 Å². The van der Waals surface area contributed by atoms with Gasteiger partial charge in [-0.2, -0.15) is 5.10 Å². The second-order valence-corrected chi connectivity index (χ2v) is 9.51. The van der Waals surface area contributed by atoms with E-state index in [-0.39, 0.29) is 17.4 Å². The number of urea groups is 1. The quantitative estimate of drug-likeness (QED) is 0.611. The lowest BCUT2D eigenvalue weighted by atomic mass is 9.86. The molecule has 8 heteroatoms. The highest BCUT2D eigenvalue weighted by Gasteiger charge is 2.51. The number of halogens is 1. The summed E-state index contributed by atoms with van der Waals surface area (Å²) < 4.78 is 14.3. The van der Waals surface area contributed by atoms with Gasteiger partial charge in [0, 0.05) is 37.0 Å². The Morgan fingerprint density at radius 3 is 2.68 bits per heavy atom. The molecule has 2 aliphatic rings. The van der Waals surface area contributed by atoms with Gasteiger partial charge in [0.25, 0.3) is 0 Å². The lowest BCUT2D eigenvalue weighted by Gasteiger charge is -2.43. The average molecular weight is 463 g/mol. The number of anilines is 1. The molecule has 2 saturated heterocycles. The van der Waals surface area contributed by atoms with Gasteiger partial charge in [-0.1, -0.05) is 19.1 Å². The summed E-state index contributed by atoms with van der Waals surface area (Å²) in [5.41, 5.74) is 4.11. The van der Waals surface area contributed by atoms with Gasteiger partial charge in [0.1, 0.15) is 11.6 Å². The van der Waals surface area contributed by atoms with Crippen LogP contribution in [0.3, 0.4) is 0 Å². The van der Waals surface area contributed by atoms with Crippen molar-refractivity contribution >= 4 is 11.8 Å². The fourth-order valence-corrected chi connectivity index (χ4v) is 5.24. The summed E-state index contributed by atoms with van der Waals surface area (Å²) in [5.74, 6) is 0.438. The van der Waals surface area contributed by atoms with Crippen molar-refractivity contribution in [1.82, 2.24) is 25.0 Å². The van der Waals surface area contributed by atoms with Gasteiger partial charge in [0.2, 0.25) is 0 Å². The molecular weight excluding hydrogens is 431 g/mol. The molecular formula is C26H31FN6O. The molecule has 4 heterocycles. The van der Waals surface area contributed by atoms with Crippen molar-refractivity contribution in [3.63, 3.8) is 0 Å². The van der Waals surface area contributed by atoms with E-state index in [2.05, 4.69) is 29.1 Å². The zero-order valence-corrected chi connectivity index (χ0v) is 20.0. The maximum absolute atomic E-state index is 14.3. The van der Waals surface area contributed by atoms with Crippen molar-refractivity contribution in [2.45, 2.75) is 45.2 Å². The van der Waals surface area contributed by atoms with E-state index >= 15 is 0 Å². The first-order valence-electron chi connectivity index (χ1n) is 11.9. The fourth-order valence-electron chi connectivity index (χ4n) is 5.24. The van der Waals surface area contributed by atoms with Crippen LogP contribution in [-0.4, -0.2) is 63.2 Å². The van der Waals surface area contributed by atoms with E-state index in [1.807, 2.05) is 34.2 Å². The zero-order valence-electron chi connectivity index (χ0n) is 20.0. The second kappa shape index (κ2) is 8.83. The summed E-state index contributed by atoms with van der Waals surface area (Å²) in [6.45, 7) is 6.69. The molecule has 0 radical (unpaired) electrons. The number of rotatable bonds is 5. The van der Waals surface area contributed by atoms with E-state index in [4.69, 9.17) is 4.98 Å². The van der Waals surface area contributed by atoms with E-state index in [9.17, 15) is 9.18 Å². The number of nitrogens with one attached hydrogen (secondary N) is 1. The lowest BCUT2D eigenvalue weighted by molar-refractivity contribution is 0.0823. The highest BCUT2D eigenvalue weighted by molar-refractivity contribution is 5.94. The molecule has 2 amide bonds. The standard InChI is InChI=1S/C26H31FN6O/c1-4-23-21(20-14-28-29-15-20)8-9-24(30-23)32-17-26(10-12-31(3)13-11-26)33(25(32)34)16-19-6-5-7-22(27)18(19)2/h5-9,14-15H,4,10-13,16-17H2,1-3H3,(H,28,29). The molecule has 178 valence electrons. The SMILES string of the molecule is CCc1nc(N2CC3(CCN(C)CC3)N(Cc3cccc(F)c3C)C2=O)ccc1-c1cn[nH]c1. The topological polar surface area (TPSA) is 68.4 Å². The largest absolute Gasteiger partial charge is 0.326 e. The Morgan fingerprint density at radius 2 is 1.97 bits per heavy atom. The monoisotopic (exact) mass is 462 g/mol. The molecule has 0 unspecified atom stereocenters. The Kier molecular flexibility index (Phi) is 5.85. The molecule has 0 bridgehead atoms. The van der Waals surface area contributed by atoms with Gasteiger partial charge < -0.3 is 9.80 Å². The Hall–Kier alpha value is -3.26. The number of benzene rings is 1. The number of hydrogen-bond donors (Lipinski definition) is 1. The van der Waals surface area contributed by atoms with Crippen LogP contribution in [0.15, 0.2) is 42.7 Å². The number of carbonyl (C=O) groups is 1. The van der Waals surface area contributed by atoms with Gasteiger partial charge in [-0.05, 0) is 62.6 Å². The van der Waals surface area contributed by atoms with Crippen LogP contribution in [0.4, 0.5) is 15.0 Å². The van der Waals surface area contributed by atoms with E-state index in [1.54, 1.807) is 19.2 Å². The van der Waals surface area contributed by atoms with Crippen LogP contribution < -0.4 is 4.90 Å². The van der Waals surface area contributed by atoms with Gasteiger partial charge >= 0.3 is 6.03 Å². The first-order valence-corrected chi connectivity index (χ1v) is 11.9. The van der Waals surface area contributed by atoms with Crippen molar-refractivity contribution in [3.05, 3.63) is 65.4 Å². The summed E-state index contributed by atoms with van der Waals surface area (Å²) in [7, 11) is 2.12. The number of aromatic nitrogens is 3. The summed E-state index contributed by atoms with van der Waals surface area (Å²) in [5, 5.41) is 6.91. The van der Waals surface area contributed by atoms with Gasteiger partial charge in [0.15, 0.2) is 0 Å². The van der Waals surface area contributed by atoms with Crippen LogP contribution in [0.2, 0.25) is 0 Å². The molecule has 1 N–H and O–H groups in total. The molecule has 2 aromatic heterocycles. The third kappa shape index (κ3) is 3.86. The molecule has 2 fully saturated rings. The van der Waals surface area contributed by atoms with E-state index in [0.29, 0.717) is 24.5 Å². The number of H-pyrrole nitrogens is 1.